The van der Waals surface area contributed by atoms with Crippen molar-refractivity contribution in [3.63, 3.8) is 0 Å². The number of hydrogen-bond donors (Lipinski definition) is 0. The average molecular weight is 713 g/mol. The summed E-state index contributed by atoms with van der Waals surface area (Å²) in [6.07, 6.45) is 3.25. The Balaban J connectivity index is 0.977. The zero-order valence-electron chi connectivity index (χ0n) is 29.1. The van der Waals surface area contributed by atoms with Gasteiger partial charge in [-0.15, -0.1) is 10.1 Å². The number of rotatable bonds is 10. The number of carbonyl (C=O) groups is 2. The molecule has 0 aromatic heterocycles. The third-order valence-electron chi connectivity index (χ3n) is 9.28. The van der Waals surface area contributed by atoms with Crippen molar-refractivity contribution in [2.45, 2.75) is 70.9 Å². The van der Waals surface area contributed by atoms with Gasteiger partial charge in [0, 0.05) is 45.8 Å². The van der Waals surface area contributed by atoms with E-state index in [1.807, 2.05) is 24.3 Å². The van der Waals surface area contributed by atoms with Crippen LogP contribution in [0.4, 0.5) is 0 Å². The lowest BCUT2D eigenvalue weighted by Crippen LogP contribution is -2.41. The molecule has 0 saturated carbocycles. The van der Waals surface area contributed by atoms with Crippen LogP contribution in [0.25, 0.3) is 0 Å². The van der Waals surface area contributed by atoms with Crippen molar-refractivity contribution in [2.24, 2.45) is 0 Å². The maximum absolute atomic E-state index is 12.8. The van der Waals surface area contributed by atoms with Crippen molar-refractivity contribution in [1.82, 2.24) is 10.1 Å². The van der Waals surface area contributed by atoms with Crippen LogP contribution in [-0.4, -0.2) is 62.5 Å². The number of aryl methyl sites for hydroxylation is 2. The number of nitrogens with zero attached hydrogens (tertiary/aromatic N) is 2. The van der Waals surface area contributed by atoms with Gasteiger partial charge in [0.2, 0.25) is 0 Å². The van der Waals surface area contributed by atoms with Crippen molar-refractivity contribution in [2.75, 3.05) is 40.4 Å². The Morgan fingerprint density at radius 1 is 0.560 bits per heavy atom. The van der Waals surface area contributed by atoms with E-state index in [4.69, 9.17) is 19.1 Å². The van der Waals surface area contributed by atoms with Crippen LogP contribution in [0.3, 0.4) is 0 Å². The second-order valence-corrected chi connectivity index (χ2v) is 15.0. The summed E-state index contributed by atoms with van der Waals surface area (Å²) in [5, 5.41) is 3.19. The fourth-order valence-electron chi connectivity index (χ4n) is 6.53. The maximum atomic E-state index is 12.8. The van der Waals surface area contributed by atoms with Crippen molar-refractivity contribution >= 4 is 35.5 Å². The fraction of sp³-hybridized carbons (Fsp3) is 0.350. The van der Waals surface area contributed by atoms with E-state index in [1.54, 1.807) is 47.9 Å². The van der Waals surface area contributed by atoms with Gasteiger partial charge >= 0.3 is 11.9 Å². The molecule has 2 fully saturated rings. The molecule has 4 aromatic carbocycles. The minimum atomic E-state index is -0.978. The lowest BCUT2D eigenvalue weighted by atomic mass is 9.89. The Labute approximate surface area is 303 Å². The van der Waals surface area contributed by atoms with Crippen LogP contribution >= 0.6 is 23.5 Å². The smallest absolute Gasteiger partial charge is 0.438 e. The molecule has 0 amide bonds. The molecule has 2 heterocycles. The summed E-state index contributed by atoms with van der Waals surface area (Å²) in [4.78, 5) is 41.3. The lowest BCUT2D eigenvalue weighted by Gasteiger charge is -2.32. The van der Waals surface area contributed by atoms with Gasteiger partial charge in [-0.25, -0.2) is 9.59 Å². The first-order valence-electron chi connectivity index (χ1n) is 17.1. The highest BCUT2D eigenvalue weighted by molar-refractivity contribution is 7.99. The molecule has 2 saturated heterocycles. The van der Waals surface area contributed by atoms with Crippen LogP contribution in [-0.2, 0) is 19.3 Å². The molecule has 6 rings (SSSR count). The number of hydroxylamine groups is 4. The van der Waals surface area contributed by atoms with Crippen LogP contribution < -0.4 is 9.47 Å². The van der Waals surface area contributed by atoms with Gasteiger partial charge in [0.05, 0.1) is 14.2 Å². The first-order chi connectivity index (χ1) is 24.3. The molecule has 50 heavy (non-hydrogen) atoms. The Kier molecular flexibility index (Phi) is 12.1. The second kappa shape index (κ2) is 16.8. The average Bonchev–Trinajstić information content (AvgIpc) is 3.14. The van der Waals surface area contributed by atoms with Crippen molar-refractivity contribution in [1.29, 1.82) is 0 Å². The van der Waals surface area contributed by atoms with E-state index < -0.39 is 11.9 Å². The van der Waals surface area contributed by atoms with E-state index in [-0.39, 0.29) is 0 Å². The Bertz CT molecular complexity index is 1640. The van der Waals surface area contributed by atoms with E-state index in [0.29, 0.717) is 38.0 Å². The van der Waals surface area contributed by atoms with Crippen LogP contribution in [0.1, 0.15) is 59.8 Å². The molecule has 0 atom stereocenters. The van der Waals surface area contributed by atoms with Gasteiger partial charge in [-0.3, -0.25) is 0 Å². The molecule has 0 radical (unpaired) electrons. The Morgan fingerprint density at radius 2 is 0.920 bits per heavy atom. The SMILES string of the molecule is COc1ccc(Sc2ccc(C)cc2C2CCN(OC(=O)C(=O)ON3CCC(c4cc(C)ccc4Sc4ccc(OC)cc4)CC3)CC2)cc1. The summed E-state index contributed by atoms with van der Waals surface area (Å²) < 4.78 is 10.6. The highest BCUT2D eigenvalue weighted by Gasteiger charge is 2.31. The van der Waals surface area contributed by atoms with Crippen LogP contribution in [0.15, 0.2) is 105 Å². The third kappa shape index (κ3) is 9.23. The number of benzene rings is 4. The topological polar surface area (TPSA) is 77.5 Å². The zero-order valence-corrected chi connectivity index (χ0v) is 30.7. The van der Waals surface area contributed by atoms with E-state index in [2.05, 4.69) is 74.5 Å². The van der Waals surface area contributed by atoms with E-state index in [0.717, 1.165) is 47.0 Å². The van der Waals surface area contributed by atoms with E-state index in [1.165, 1.54) is 32.0 Å². The van der Waals surface area contributed by atoms with Crippen molar-refractivity contribution in [3.05, 3.63) is 107 Å². The molecule has 0 bridgehead atoms. The van der Waals surface area contributed by atoms with Crippen LogP contribution in [0.5, 0.6) is 11.5 Å². The summed E-state index contributed by atoms with van der Waals surface area (Å²) in [5.74, 6) is 0.357. The summed E-state index contributed by atoms with van der Waals surface area (Å²) in [6, 6.07) is 29.4. The normalized spacial score (nSPS) is 16.2. The standard InChI is InChI=1S/C40H44N2O6S2/c1-27-5-15-37(49-33-11-7-31(45-3)8-12-33)35(25-27)29-17-21-41(22-18-29)47-39(43)40(44)48-42-23-19-30(20-24-42)36-26-28(2)6-16-38(36)50-34-13-9-32(46-4)10-14-34/h5-16,25-26,29-30H,17-24H2,1-4H3. The number of methoxy groups -OCH3 is 2. The molecule has 10 heteroatoms. The number of carbonyl (C=O) groups excluding carboxylic acids is 2. The molecule has 0 unspecified atom stereocenters. The largest absolute Gasteiger partial charge is 0.497 e. The summed E-state index contributed by atoms with van der Waals surface area (Å²) >= 11 is 3.49. The minimum Gasteiger partial charge on any atom is -0.497 e. The first kappa shape index (κ1) is 35.9. The fourth-order valence-corrected chi connectivity index (χ4v) is 8.54. The minimum absolute atomic E-state index is 0.322. The third-order valence-corrected chi connectivity index (χ3v) is 11.5. The second-order valence-electron chi connectivity index (χ2n) is 12.8. The molecular formula is C40H44N2O6S2. The van der Waals surface area contributed by atoms with Gasteiger partial charge in [-0.1, -0.05) is 58.9 Å². The van der Waals surface area contributed by atoms with Gasteiger partial charge in [0.1, 0.15) is 11.5 Å². The van der Waals surface area contributed by atoms with Crippen LogP contribution in [0, 0.1) is 13.8 Å². The number of hydrogen-bond acceptors (Lipinski definition) is 10. The first-order valence-corrected chi connectivity index (χ1v) is 18.7. The van der Waals surface area contributed by atoms with Crippen molar-refractivity contribution in [3.8, 4) is 11.5 Å². The summed E-state index contributed by atoms with van der Waals surface area (Å²) in [7, 11) is 3.34. The number of ether oxygens (including phenoxy) is 2. The molecule has 262 valence electrons. The predicted molar refractivity (Wildman–Crippen MR) is 196 cm³/mol. The quantitative estimate of drug-likeness (QED) is 0.149. The zero-order chi connectivity index (χ0) is 35.0. The highest BCUT2D eigenvalue weighted by Crippen LogP contribution is 2.40. The maximum Gasteiger partial charge on any atom is 0.438 e. The highest BCUT2D eigenvalue weighted by atomic mass is 32.2. The molecule has 8 nitrogen and oxygen atoms in total. The van der Waals surface area contributed by atoms with Gasteiger partial charge < -0.3 is 19.1 Å². The van der Waals surface area contributed by atoms with Gasteiger partial charge in [-0.05, 0) is 123 Å². The molecule has 0 N–H and O–H groups in total. The molecule has 2 aliphatic heterocycles. The van der Waals surface area contributed by atoms with E-state index in [9.17, 15) is 9.59 Å². The molecule has 0 spiro atoms. The molecular weight excluding hydrogens is 669 g/mol. The monoisotopic (exact) mass is 712 g/mol. The molecule has 0 aliphatic carbocycles. The van der Waals surface area contributed by atoms with Gasteiger partial charge in [-0.2, -0.15) is 0 Å². The number of piperidine rings is 2. The van der Waals surface area contributed by atoms with Gasteiger partial charge in [0.25, 0.3) is 0 Å². The molecule has 2 aliphatic rings. The van der Waals surface area contributed by atoms with E-state index >= 15 is 0 Å². The summed E-state index contributed by atoms with van der Waals surface area (Å²) in [5.41, 5.74) is 5.03. The Morgan fingerprint density at radius 3 is 1.26 bits per heavy atom. The summed E-state index contributed by atoms with van der Waals surface area (Å²) in [6.45, 7) is 6.40. The van der Waals surface area contributed by atoms with Gasteiger partial charge in [0.15, 0.2) is 0 Å². The molecule has 4 aromatic rings. The lowest BCUT2D eigenvalue weighted by molar-refractivity contribution is -0.222. The van der Waals surface area contributed by atoms with Crippen LogP contribution in [0.2, 0.25) is 0 Å². The Hall–Kier alpha value is -3.96. The predicted octanol–water partition coefficient (Wildman–Crippen LogP) is 8.60. The van der Waals surface area contributed by atoms with Crippen molar-refractivity contribution < 1.29 is 28.7 Å².